The van der Waals surface area contributed by atoms with Gasteiger partial charge in [-0.1, -0.05) is 23.2 Å². The molecule has 1 saturated carbocycles. The van der Waals surface area contributed by atoms with Crippen LogP contribution in [-0.2, 0) is 4.79 Å². The first-order valence-electron chi connectivity index (χ1n) is 6.57. The molecule has 102 valence electrons. The summed E-state index contributed by atoms with van der Waals surface area (Å²) in [5.74, 6) is 0.243. The number of hydrogen-bond acceptors (Lipinski definition) is 2. The Balaban J connectivity index is 1.66. The minimum absolute atomic E-state index is 0.0974. The van der Waals surface area contributed by atoms with Gasteiger partial charge in [-0.3, -0.25) is 4.79 Å². The zero-order chi connectivity index (χ0) is 13.5. The van der Waals surface area contributed by atoms with Crippen molar-refractivity contribution in [2.75, 3.05) is 18.4 Å². The first-order chi connectivity index (χ1) is 9.09. The van der Waals surface area contributed by atoms with E-state index in [1.165, 1.54) is 0 Å². The number of anilines is 1. The molecule has 2 aliphatic rings. The first kappa shape index (κ1) is 13.2. The van der Waals surface area contributed by atoms with Crippen molar-refractivity contribution in [1.82, 2.24) is 5.32 Å². The van der Waals surface area contributed by atoms with Gasteiger partial charge in [0.1, 0.15) is 0 Å². The summed E-state index contributed by atoms with van der Waals surface area (Å²) in [6.07, 6.45) is 3.21. The Morgan fingerprint density at radius 3 is 2.47 bits per heavy atom. The molecule has 1 aliphatic heterocycles. The van der Waals surface area contributed by atoms with E-state index in [-0.39, 0.29) is 17.2 Å². The summed E-state index contributed by atoms with van der Waals surface area (Å²) in [6, 6.07) is 5.11. The summed E-state index contributed by atoms with van der Waals surface area (Å²) in [6.45, 7) is 2.04. The van der Waals surface area contributed by atoms with Gasteiger partial charge < -0.3 is 10.6 Å². The lowest BCUT2D eigenvalue weighted by Gasteiger charge is -2.23. The van der Waals surface area contributed by atoms with Gasteiger partial charge in [-0.2, -0.15) is 0 Å². The summed E-state index contributed by atoms with van der Waals surface area (Å²) in [4.78, 5) is 12.3. The number of carbonyl (C=O) groups excluding carboxylic acids is 1. The molecule has 1 amide bonds. The molecule has 1 aliphatic carbocycles. The van der Waals surface area contributed by atoms with Crippen molar-refractivity contribution in [3.05, 3.63) is 28.2 Å². The van der Waals surface area contributed by atoms with E-state index in [1.54, 1.807) is 18.2 Å². The summed E-state index contributed by atoms with van der Waals surface area (Å²) >= 11 is 11.9. The smallest absolute Gasteiger partial charge is 0.228 e. The predicted molar refractivity (Wildman–Crippen MR) is 77.7 cm³/mol. The monoisotopic (exact) mass is 298 g/mol. The van der Waals surface area contributed by atoms with Crippen LogP contribution in [0.3, 0.4) is 0 Å². The largest absolute Gasteiger partial charge is 0.326 e. The maximum Gasteiger partial charge on any atom is 0.228 e. The molecule has 1 atom stereocenters. The van der Waals surface area contributed by atoms with Crippen LogP contribution in [0, 0.1) is 11.3 Å². The van der Waals surface area contributed by atoms with Gasteiger partial charge in [-0.25, -0.2) is 0 Å². The standard InChI is InChI=1S/C14H16Cl2N2O/c15-9-5-10(16)7-11(6-9)18-13(19)12-8-14(12)1-3-17-4-2-14/h5-7,12,17H,1-4,8H2,(H,18,19). The van der Waals surface area contributed by atoms with Crippen LogP contribution in [0.15, 0.2) is 18.2 Å². The van der Waals surface area contributed by atoms with Crippen LogP contribution in [0.4, 0.5) is 5.69 Å². The SMILES string of the molecule is O=C(Nc1cc(Cl)cc(Cl)c1)C1CC12CCNCC2. The van der Waals surface area contributed by atoms with Crippen LogP contribution >= 0.6 is 23.2 Å². The highest BCUT2D eigenvalue weighted by atomic mass is 35.5. The molecular weight excluding hydrogens is 283 g/mol. The number of benzene rings is 1. The fraction of sp³-hybridized carbons (Fsp3) is 0.500. The average Bonchev–Trinajstić information content (AvgIpc) is 3.02. The van der Waals surface area contributed by atoms with Crippen LogP contribution in [0.1, 0.15) is 19.3 Å². The Morgan fingerprint density at radius 2 is 1.84 bits per heavy atom. The van der Waals surface area contributed by atoms with Gasteiger partial charge in [0.05, 0.1) is 0 Å². The number of hydrogen-bond donors (Lipinski definition) is 2. The van der Waals surface area contributed by atoms with Gasteiger partial charge in [0.25, 0.3) is 0 Å². The minimum Gasteiger partial charge on any atom is -0.326 e. The Bertz CT molecular complexity index is 492. The molecule has 5 heteroatoms. The van der Waals surface area contributed by atoms with Gasteiger partial charge >= 0.3 is 0 Å². The second-order valence-corrected chi connectivity index (χ2v) is 6.39. The molecule has 3 nitrogen and oxygen atoms in total. The highest BCUT2D eigenvalue weighted by Gasteiger charge is 2.57. The maximum absolute atomic E-state index is 12.3. The van der Waals surface area contributed by atoms with E-state index >= 15 is 0 Å². The third-order valence-corrected chi connectivity index (χ3v) is 4.67. The van der Waals surface area contributed by atoms with E-state index in [0.717, 1.165) is 32.4 Å². The van der Waals surface area contributed by atoms with E-state index in [0.29, 0.717) is 15.7 Å². The maximum atomic E-state index is 12.3. The zero-order valence-electron chi connectivity index (χ0n) is 10.5. The number of carbonyl (C=O) groups is 1. The van der Waals surface area contributed by atoms with Crippen molar-refractivity contribution in [2.45, 2.75) is 19.3 Å². The van der Waals surface area contributed by atoms with E-state index in [1.807, 2.05) is 0 Å². The molecule has 1 heterocycles. The summed E-state index contributed by atoms with van der Waals surface area (Å²) in [5, 5.41) is 7.34. The van der Waals surface area contributed by atoms with Gasteiger partial charge in [-0.15, -0.1) is 0 Å². The molecule has 1 unspecified atom stereocenters. The molecule has 1 aromatic rings. The molecule has 1 saturated heterocycles. The van der Waals surface area contributed by atoms with E-state index in [2.05, 4.69) is 10.6 Å². The van der Waals surface area contributed by atoms with Crippen LogP contribution in [0.5, 0.6) is 0 Å². The van der Waals surface area contributed by atoms with Crippen molar-refractivity contribution in [1.29, 1.82) is 0 Å². The van der Waals surface area contributed by atoms with Crippen molar-refractivity contribution >= 4 is 34.8 Å². The topological polar surface area (TPSA) is 41.1 Å². The minimum atomic E-state index is 0.0974. The van der Waals surface area contributed by atoms with Gasteiger partial charge in [0.2, 0.25) is 5.91 Å². The molecule has 1 aromatic carbocycles. The second kappa shape index (κ2) is 4.97. The van der Waals surface area contributed by atoms with Gasteiger partial charge in [-0.05, 0) is 56.0 Å². The Labute approximate surface area is 122 Å². The molecule has 3 rings (SSSR count). The molecule has 0 radical (unpaired) electrons. The van der Waals surface area contributed by atoms with E-state index < -0.39 is 0 Å². The van der Waals surface area contributed by atoms with Crippen LogP contribution in [-0.4, -0.2) is 19.0 Å². The second-order valence-electron chi connectivity index (χ2n) is 5.52. The highest BCUT2D eigenvalue weighted by molar-refractivity contribution is 6.35. The lowest BCUT2D eigenvalue weighted by molar-refractivity contribution is -0.118. The van der Waals surface area contributed by atoms with Crippen molar-refractivity contribution in [3.8, 4) is 0 Å². The van der Waals surface area contributed by atoms with Crippen molar-refractivity contribution in [3.63, 3.8) is 0 Å². The van der Waals surface area contributed by atoms with E-state index in [4.69, 9.17) is 23.2 Å². The fourth-order valence-corrected chi connectivity index (χ4v) is 3.58. The third-order valence-electron chi connectivity index (χ3n) is 4.24. The average molecular weight is 299 g/mol. The van der Waals surface area contributed by atoms with Crippen molar-refractivity contribution < 1.29 is 4.79 Å². The Kier molecular flexibility index (Phi) is 3.46. The summed E-state index contributed by atoms with van der Waals surface area (Å²) in [7, 11) is 0. The number of amides is 1. The number of rotatable bonds is 2. The molecule has 2 fully saturated rings. The third kappa shape index (κ3) is 2.73. The predicted octanol–water partition coefficient (Wildman–Crippen LogP) is 3.32. The lowest BCUT2D eigenvalue weighted by atomic mass is 9.92. The van der Waals surface area contributed by atoms with Gasteiger partial charge in [0, 0.05) is 21.7 Å². The van der Waals surface area contributed by atoms with E-state index in [9.17, 15) is 4.79 Å². The van der Waals surface area contributed by atoms with Crippen LogP contribution < -0.4 is 10.6 Å². The molecule has 1 spiro atoms. The molecule has 2 N–H and O–H groups in total. The molecule has 0 aromatic heterocycles. The Hall–Kier alpha value is -0.770. The molecular formula is C14H16Cl2N2O. The summed E-state index contributed by atoms with van der Waals surface area (Å²) in [5.41, 5.74) is 0.927. The Morgan fingerprint density at radius 1 is 1.21 bits per heavy atom. The summed E-state index contributed by atoms with van der Waals surface area (Å²) < 4.78 is 0. The molecule has 19 heavy (non-hydrogen) atoms. The lowest BCUT2D eigenvalue weighted by Crippen LogP contribution is -2.31. The quantitative estimate of drug-likeness (QED) is 0.879. The number of halogens is 2. The number of piperidine rings is 1. The zero-order valence-corrected chi connectivity index (χ0v) is 12.0. The number of nitrogens with one attached hydrogen (secondary N) is 2. The van der Waals surface area contributed by atoms with Crippen LogP contribution in [0.2, 0.25) is 10.0 Å². The fourth-order valence-electron chi connectivity index (χ4n) is 3.05. The van der Waals surface area contributed by atoms with Crippen molar-refractivity contribution in [2.24, 2.45) is 11.3 Å². The first-order valence-corrected chi connectivity index (χ1v) is 7.32. The highest BCUT2D eigenvalue weighted by Crippen LogP contribution is 2.58. The van der Waals surface area contributed by atoms with Gasteiger partial charge in [0.15, 0.2) is 0 Å². The van der Waals surface area contributed by atoms with Crippen LogP contribution in [0.25, 0.3) is 0 Å². The molecule has 0 bridgehead atoms. The normalized spacial score (nSPS) is 24.2.